The summed E-state index contributed by atoms with van der Waals surface area (Å²) in [6.07, 6.45) is 2.20. The summed E-state index contributed by atoms with van der Waals surface area (Å²) in [5.74, 6) is -0.239. The molecule has 0 spiro atoms. The van der Waals surface area contributed by atoms with Gasteiger partial charge in [0.05, 0.1) is 0 Å². The van der Waals surface area contributed by atoms with E-state index in [-0.39, 0.29) is 11.8 Å². The van der Waals surface area contributed by atoms with Crippen LogP contribution in [0, 0.1) is 6.92 Å². The number of Topliss-reactive ketones (excluding diaryl/α,β-unsaturated/α-hetero) is 1. The zero-order valence-corrected chi connectivity index (χ0v) is 15.7. The molecular formula is C21H26N2O3. The molecule has 1 aromatic heterocycles. The van der Waals surface area contributed by atoms with Crippen LogP contribution in [0.3, 0.4) is 0 Å². The highest BCUT2D eigenvalue weighted by Gasteiger charge is 2.27. The van der Waals surface area contributed by atoms with Crippen molar-refractivity contribution >= 4 is 11.8 Å². The van der Waals surface area contributed by atoms with Crippen LogP contribution in [0.4, 0.5) is 0 Å². The van der Waals surface area contributed by atoms with Crippen LogP contribution in [0.2, 0.25) is 0 Å². The molecule has 0 saturated heterocycles. The predicted octanol–water partition coefficient (Wildman–Crippen LogP) is 3.08. The van der Waals surface area contributed by atoms with Crippen molar-refractivity contribution in [2.24, 2.45) is 0 Å². The zero-order valence-electron chi connectivity index (χ0n) is 15.7. The standard InChI is InChI=1S/C21H26N2O3/c1-15-7-9-16(10-8-15)14-23-18-5-4-6-20(24)17(18)13-19(23)21(25)26-12-11-22(2)3/h7-10,13H,4-6,11-12,14H2,1-3H3. The van der Waals surface area contributed by atoms with E-state index in [1.807, 2.05) is 30.5 Å². The first-order chi connectivity index (χ1) is 12.5. The summed E-state index contributed by atoms with van der Waals surface area (Å²) >= 11 is 0. The molecule has 0 saturated carbocycles. The van der Waals surface area contributed by atoms with Crippen LogP contribution in [0.1, 0.15) is 50.5 Å². The minimum absolute atomic E-state index is 0.122. The lowest BCUT2D eigenvalue weighted by Crippen LogP contribution is -2.22. The Morgan fingerprint density at radius 3 is 2.62 bits per heavy atom. The summed E-state index contributed by atoms with van der Waals surface area (Å²) in [4.78, 5) is 26.9. The highest BCUT2D eigenvalue weighted by molar-refractivity contribution is 6.01. The van der Waals surface area contributed by atoms with Crippen molar-refractivity contribution < 1.29 is 14.3 Å². The minimum Gasteiger partial charge on any atom is -0.460 e. The van der Waals surface area contributed by atoms with Crippen LogP contribution in [0.25, 0.3) is 0 Å². The average Bonchev–Trinajstić information content (AvgIpc) is 2.97. The molecule has 26 heavy (non-hydrogen) atoms. The Balaban J connectivity index is 1.90. The smallest absolute Gasteiger partial charge is 0.355 e. The summed E-state index contributed by atoms with van der Waals surface area (Å²) < 4.78 is 7.40. The number of nitrogens with zero attached hydrogens (tertiary/aromatic N) is 2. The van der Waals surface area contributed by atoms with Crippen molar-refractivity contribution in [3.63, 3.8) is 0 Å². The first kappa shape index (κ1) is 18.4. The van der Waals surface area contributed by atoms with Gasteiger partial charge in [-0.05, 0) is 45.5 Å². The Hall–Kier alpha value is -2.40. The molecule has 2 aromatic rings. The number of hydrogen-bond acceptors (Lipinski definition) is 4. The summed E-state index contributed by atoms with van der Waals surface area (Å²) in [6.45, 7) is 3.62. The number of rotatable bonds is 6. The van der Waals surface area contributed by atoms with E-state index in [4.69, 9.17) is 4.74 Å². The maximum atomic E-state index is 12.6. The number of likely N-dealkylation sites (N-methyl/N-ethyl adjacent to an activating group) is 1. The molecule has 1 aromatic carbocycles. The second-order valence-electron chi connectivity index (χ2n) is 7.18. The summed E-state index contributed by atoms with van der Waals surface area (Å²) in [7, 11) is 3.87. The van der Waals surface area contributed by atoms with E-state index in [1.54, 1.807) is 6.07 Å². The largest absolute Gasteiger partial charge is 0.460 e. The molecule has 0 N–H and O–H groups in total. The van der Waals surface area contributed by atoms with Crippen LogP contribution in [0.15, 0.2) is 30.3 Å². The van der Waals surface area contributed by atoms with Gasteiger partial charge in [0, 0.05) is 30.8 Å². The van der Waals surface area contributed by atoms with Gasteiger partial charge < -0.3 is 14.2 Å². The van der Waals surface area contributed by atoms with Gasteiger partial charge in [-0.25, -0.2) is 4.79 Å². The van der Waals surface area contributed by atoms with Crippen LogP contribution in [-0.4, -0.2) is 48.5 Å². The van der Waals surface area contributed by atoms with Gasteiger partial charge in [0.25, 0.3) is 0 Å². The highest BCUT2D eigenvalue weighted by atomic mass is 16.5. The number of fused-ring (bicyclic) bond motifs is 1. The molecule has 0 unspecified atom stereocenters. The van der Waals surface area contributed by atoms with Crippen LogP contribution >= 0.6 is 0 Å². The SMILES string of the molecule is Cc1ccc(Cn2c(C(=O)OCCN(C)C)cc3c2CCCC3=O)cc1. The van der Waals surface area contributed by atoms with E-state index in [0.717, 1.165) is 24.1 Å². The Morgan fingerprint density at radius 2 is 1.92 bits per heavy atom. The van der Waals surface area contributed by atoms with Crippen molar-refractivity contribution in [1.82, 2.24) is 9.47 Å². The van der Waals surface area contributed by atoms with Crippen LogP contribution in [0.5, 0.6) is 0 Å². The molecule has 3 rings (SSSR count). The van der Waals surface area contributed by atoms with E-state index in [0.29, 0.717) is 37.4 Å². The molecule has 0 amide bonds. The van der Waals surface area contributed by atoms with Gasteiger partial charge in [-0.2, -0.15) is 0 Å². The minimum atomic E-state index is -0.360. The Bertz CT molecular complexity index is 803. The number of ketones is 1. The first-order valence-electron chi connectivity index (χ1n) is 9.08. The molecule has 0 radical (unpaired) electrons. The summed E-state index contributed by atoms with van der Waals surface area (Å²) in [5.41, 5.74) is 4.42. The Labute approximate surface area is 154 Å². The van der Waals surface area contributed by atoms with Gasteiger partial charge in [0.1, 0.15) is 12.3 Å². The van der Waals surface area contributed by atoms with E-state index in [1.165, 1.54) is 5.56 Å². The van der Waals surface area contributed by atoms with Gasteiger partial charge in [0.2, 0.25) is 0 Å². The van der Waals surface area contributed by atoms with Gasteiger partial charge >= 0.3 is 5.97 Å². The maximum Gasteiger partial charge on any atom is 0.355 e. The third-order valence-electron chi connectivity index (χ3n) is 4.77. The van der Waals surface area contributed by atoms with Gasteiger partial charge in [-0.1, -0.05) is 29.8 Å². The molecule has 138 valence electrons. The second-order valence-corrected chi connectivity index (χ2v) is 7.18. The van der Waals surface area contributed by atoms with E-state index in [9.17, 15) is 9.59 Å². The van der Waals surface area contributed by atoms with Crippen LogP contribution < -0.4 is 0 Å². The van der Waals surface area contributed by atoms with Crippen LogP contribution in [-0.2, 0) is 17.7 Å². The first-order valence-corrected chi connectivity index (χ1v) is 9.08. The molecule has 0 fully saturated rings. The van der Waals surface area contributed by atoms with Crippen molar-refractivity contribution in [3.05, 3.63) is 58.4 Å². The lowest BCUT2D eigenvalue weighted by molar-refractivity contribution is 0.0469. The van der Waals surface area contributed by atoms with E-state index < -0.39 is 0 Å². The summed E-state index contributed by atoms with van der Waals surface area (Å²) in [6, 6.07) is 9.97. The molecule has 0 bridgehead atoms. The fourth-order valence-electron chi connectivity index (χ4n) is 3.27. The second kappa shape index (κ2) is 7.87. The molecule has 1 aliphatic carbocycles. The number of esters is 1. The topological polar surface area (TPSA) is 51.5 Å². The quantitative estimate of drug-likeness (QED) is 0.748. The predicted molar refractivity (Wildman–Crippen MR) is 101 cm³/mol. The number of aromatic nitrogens is 1. The number of hydrogen-bond donors (Lipinski definition) is 0. The van der Waals surface area contributed by atoms with Crippen molar-refractivity contribution in [2.75, 3.05) is 27.2 Å². The van der Waals surface area contributed by atoms with Crippen molar-refractivity contribution in [2.45, 2.75) is 32.7 Å². The number of carbonyl (C=O) groups excluding carboxylic acids is 2. The molecular weight excluding hydrogens is 328 g/mol. The van der Waals surface area contributed by atoms with E-state index in [2.05, 4.69) is 24.3 Å². The molecule has 5 nitrogen and oxygen atoms in total. The summed E-state index contributed by atoms with van der Waals surface area (Å²) in [5, 5.41) is 0. The average molecular weight is 354 g/mol. The fraction of sp³-hybridized carbons (Fsp3) is 0.429. The maximum absolute atomic E-state index is 12.6. The van der Waals surface area contributed by atoms with Gasteiger partial charge in [-0.3, -0.25) is 4.79 Å². The normalized spacial score (nSPS) is 13.8. The Kier molecular flexibility index (Phi) is 5.57. The zero-order chi connectivity index (χ0) is 18.7. The lowest BCUT2D eigenvalue weighted by atomic mass is 9.96. The molecule has 1 heterocycles. The molecule has 0 atom stereocenters. The van der Waals surface area contributed by atoms with E-state index >= 15 is 0 Å². The monoisotopic (exact) mass is 354 g/mol. The van der Waals surface area contributed by atoms with Crippen molar-refractivity contribution in [1.29, 1.82) is 0 Å². The number of carbonyl (C=O) groups is 2. The van der Waals surface area contributed by atoms with Gasteiger partial charge in [-0.15, -0.1) is 0 Å². The van der Waals surface area contributed by atoms with Crippen molar-refractivity contribution in [3.8, 4) is 0 Å². The molecule has 1 aliphatic rings. The highest BCUT2D eigenvalue weighted by Crippen LogP contribution is 2.27. The molecule has 0 aliphatic heterocycles. The lowest BCUT2D eigenvalue weighted by Gasteiger charge is -2.17. The third-order valence-corrected chi connectivity index (χ3v) is 4.77. The number of benzene rings is 1. The third kappa shape index (κ3) is 4.05. The fourth-order valence-corrected chi connectivity index (χ4v) is 3.27. The molecule has 5 heteroatoms. The Morgan fingerprint density at radius 1 is 1.19 bits per heavy atom. The number of aryl methyl sites for hydroxylation is 1. The number of ether oxygens (including phenoxy) is 1. The van der Waals surface area contributed by atoms with Gasteiger partial charge in [0.15, 0.2) is 5.78 Å².